The van der Waals surface area contributed by atoms with Crippen LogP contribution in [0.1, 0.15) is 30.1 Å². The molecule has 3 nitrogen and oxygen atoms in total. The van der Waals surface area contributed by atoms with E-state index in [1.165, 1.54) is 18.5 Å². The van der Waals surface area contributed by atoms with E-state index in [0.717, 1.165) is 17.3 Å². The largest absolute Gasteiger partial charge is 0.314 e. The van der Waals surface area contributed by atoms with E-state index in [0.29, 0.717) is 5.92 Å². The average molecular weight is 239 g/mol. The molecular weight excluding hydrogens is 222 g/mol. The van der Waals surface area contributed by atoms with Gasteiger partial charge in [-0.15, -0.1) is 0 Å². The van der Waals surface area contributed by atoms with Crippen molar-refractivity contribution in [2.45, 2.75) is 25.7 Å². The number of rotatable bonds is 3. The molecule has 0 atom stereocenters. The van der Waals surface area contributed by atoms with Crippen molar-refractivity contribution < 1.29 is 0 Å². The van der Waals surface area contributed by atoms with E-state index in [-0.39, 0.29) is 0 Å². The van der Waals surface area contributed by atoms with Crippen LogP contribution in [-0.2, 0) is 0 Å². The van der Waals surface area contributed by atoms with Crippen molar-refractivity contribution in [1.29, 1.82) is 0 Å². The third-order valence-corrected chi connectivity index (χ3v) is 3.30. The second-order valence-electron chi connectivity index (χ2n) is 4.90. The summed E-state index contributed by atoms with van der Waals surface area (Å²) in [6.07, 6.45) is 2.54. The molecule has 92 valence electrons. The lowest BCUT2D eigenvalue weighted by molar-refractivity contribution is 0.934. The molecule has 1 aliphatic carbocycles. The molecule has 1 saturated carbocycles. The van der Waals surface area contributed by atoms with Crippen LogP contribution in [0.4, 0.5) is 11.6 Å². The van der Waals surface area contributed by atoms with Gasteiger partial charge in [-0.05, 0) is 38.0 Å². The highest BCUT2D eigenvalue weighted by Crippen LogP contribution is 2.39. The maximum atomic E-state index is 4.69. The third kappa shape index (κ3) is 2.21. The van der Waals surface area contributed by atoms with E-state index in [9.17, 15) is 0 Å². The first-order valence-electron chi connectivity index (χ1n) is 6.38. The summed E-state index contributed by atoms with van der Waals surface area (Å²) in [6, 6.07) is 12.3. The summed E-state index contributed by atoms with van der Waals surface area (Å²) < 4.78 is 0. The Balaban J connectivity index is 1.96. The van der Waals surface area contributed by atoms with Gasteiger partial charge in [-0.25, -0.2) is 9.97 Å². The van der Waals surface area contributed by atoms with Gasteiger partial charge in [0.25, 0.3) is 0 Å². The molecule has 0 spiro atoms. The molecule has 0 bridgehead atoms. The number of anilines is 2. The monoisotopic (exact) mass is 239 g/mol. The van der Waals surface area contributed by atoms with Crippen molar-refractivity contribution in [3.63, 3.8) is 0 Å². The SMILES string of the molecule is Cc1cc(C2CC2)nc(N(C)c2ccccc2)n1. The van der Waals surface area contributed by atoms with Crippen molar-refractivity contribution in [3.05, 3.63) is 47.8 Å². The van der Waals surface area contributed by atoms with Crippen LogP contribution in [0.25, 0.3) is 0 Å². The first-order chi connectivity index (χ1) is 8.74. The van der Waals surface area contributed by atoms with E-state index in [4.69, 9.17) is 0 Å². The summed E-state index contributed by atoms with van der Waals surface area (Å²) in [5.41, 5.74) is 3.36. The molecule has 0 radical (unpaired) electrons. The summed E-state index contributed by atoms with van der Waals surface area (Å²) in [7, 11) is 2.01. The highest BCUT2D eigenvalue weighted by atomic mass is 15.2. The predicted octanol–water partition coefficient (Wildman–Crippen LogP) is 3.43. The maximum Gasteiger partial charge on any atom is 0.230 e. The van der Waals surface area contributed by atoms with E-state index in [1.807, 2.05) is 37.1 Å². The normalized spacial score (nSPS) is 14.6. The van der Waals surface area contributed by atoms with Gasteiger partial charge in [0, 0.05) is 30.0 Å². The maximum absolute atomic E-state index is 4.69. The van der Waals surface area contributed by atoms with Crippen LogP contribution >= 0.6 is 0 Å². The number of aromatic nitrogens is 2. The fourth-order valence-electron chi connectivity index (χ4n) is 2.08. The zero-order valence-corrected chi connectivity index (χ0v) is 10.8. The van der Waals surface area contributed by atoms with Crippen molar-refractivity contribution in [2.75, 3.05) is 11.9 Å². The molecule has 3 rings (SSSR count). The number of benzene rings is 1. The minimum absolute atomic E-state index is 0.662. The summed E-state index contributed by atoms with van der Waals surface area (Å²) in [5.74, 6) is 1.46. The smallest absolute Gasteiger partial charge is 0.230 e. The summed E-state index contributed by atoms with van der Waals surface area (Å²) in [6.45, 7) is 2.04. The number of hydrogen-bond donors (Lipinski definition) is 0. The van der Waals surface area contributed by atoms with Crippen LogP contribution in [0.2, 0.25) is 0 Å². The van der Waals surface area contributed by atoms with Gasteiger partial charge < -0.3 is 4.90 Å². The van der Waals surface area contributed by atoms with Crippen LogP contribution < -0.4 is 4.90 Å². The Bertz CT molecular complexity index is 547. The van der Waals surface area contributed by atoms with Gasteiger partial charge in [0.1, 0.15) is 0 Å². The topological polar surface area (TPSA) is 29.0 Å². The van der Waals surface area contributed by atoms with Crippen LogP contribution in [0.3, 0.4) is 0 Å². The van der Waals surface area contributed by atoms with Crippen molar-refractivity contribution in [1.82, 2.24) is 9.97 Å². The molecule has 0 saturated heterocycles. The van der Waals surface area contributed by atoms with E-state index in [1.54, 1.807) is 0 Å². The molecule has 1 aromatic carbocycles. The number of hydrogen-bond acceptors (Lipinski definition) is 3. The van der Waals surface area contributed by atoms with Crippen LogP contribution in [0.15, 0.2) is 36.4 Å². The number of aryl methyl sites for hydroxylation is 1. The average Bonchev–Trinajstić information content (AvgIpc) is 3.22. The Kier molecular flexibility index (Phi) is 2.74. The van der Waals surface area contributed by atoms with Crippen molar-refractivity contribution >= 4 is 11.6 Å². The molecule has 2 aromatic rings. The Morgan fingerprint density at radius 2 is 1.83 bits per heavy atom. The second kappa shape index (κ2) is 4.41. The lowest BCUT2D eigenvalue weighted by atomic mass is 10.2. The fourth-order valence-corrected chi connectivity index (χ4v) is 2.08. The Morgan fingerprint density at radius 3 is 2.50 bits per heavy atom. The summed E-state index contributed by atoms with van der Waals surface area (Å²) >= 11 is 0. The Hall–Kier alpha value is -1.90. The summed E-state index contributed by atoms with van der Waals surface area (Å²) in [5, 5.41) is 0. The summed E-state index contributed by atoms with van der Waals surface area (Å²) in [4.78, 5) is 11.3. The molecule has 1 fully saturated rings. The molecule has 1 aliphatic rings. The molecule has 0 unspecified atom stereocenters. The zero-order chi connectivity index (χ0) is 12.5. The quantitative estimate of drug-likeness (QED) is 0.821. The minimum Gasteiger partial charge on any atom is -0.314 e. The first-order valence-corrected chi connectivity index (χ1v) is 6.38. The second-order valence-corrected chi connectivity index (χ2v) is 4.90. The van der Waals surface area contributed by atoms with Gasteiger partial charge in [-0.1, -0.05) is 18.2 Å². The van der Waals surface area contributed by atoms with Gasteiger partial charge >= 0.3 is 0 Å². The highest BCUT2D eigenvalue weighted by Gasteiger charge is 2.26. The molecule has 1 aromatic heterocycles. The van der Waals surface area contributed by atoms with Gasteiger partial charge in [0.2, 0.25) is 5.95 Å². The standard InChI is InChI=1S/C15H17N3/c1-11-10-14(12-8-9-12)17-15(16-11)18(2)13-6-4-3-5-7-13/h3-7,10,12H,8-9H2,1-2H3. The highest BCUT2D eigenvalue weighted by molar-refractivity contribution is 5.56. The minimum atomic E-state index is 0.662. The molecule has 18 heavy (non-hydrogen) atoms. The molecule has 0 N–H and O–H groups in total. The first kappa shape index (κ1) is 11.2. The molecule has 0 aliphatic heterocycles. The van der Waals surface area contributed by atoms with Crippen molar-refractivity contribution in [3.8, 4) is 0 Å². The lowest BCUT2D eigenvalue weighted by Gasteiger charge is -2.18. The number of nitrogens with zero attached hydrogens (tertiary/aromatic N) is 3. The van der Waals surface area contributed by atoms with E-state index in [2.05, 4.69) is 28.2 Å². The molecule has 1 heterocycles. The van der Waals surface area contributed by atoms with Gasteiger partial charge in [0.15, 0.2) is 0 Å². The lowest BCUT2D eigenvalue weighted by Crippen LogP contribution is -2.14. The van der Waals surface area contributed by atoms with Crippen LogP contribution in [0, 0.1) is 6.92 Å². The van der Waals surface area contributed by atoms with Gasteiger partial charge in [-0.3, -0.25) is 0 Å². The van der Waals surface area contributed by atoms with E-state index < -0.39 is 0 Å². The Labute approximate surface area is 108 Å². The van der Waals surface area contributed by atoms with Crippen LogP contribution in [-0.4, -0.2) is 17.0 Å². The zero-order valence-electron chi connectivity index (χ0n) is 10.8. The van der Waals surface area contributed by atoms with E-state index >= 15 is 0 Å². The van der Waals surface area contributed by atoms with Gasteiger partial charge in [0.05, 0.1) is 0 Å². The Morgan fingerprint density at radius 1 is 1.11 bits per heavy atom. The van der Waals surface area contributed by atoms with Crippen LogP contribution in [0.5, 0.6) is 0 Å². The molecule has 0 amide bonds. The van der Waals surface area contributed by atoms with Gasteiger partial charge in [-0.2, -0.15) is 0 Å². The van der Waals surface area contributed by atoms with Crippen molar-refractivity contribution in [2.24, 2.45) is 0 Å². The predicted molar refractivity (Wildman–Crippen MR) is 73.2 cm³/mol. The molecular formula is C15H17N3. The molecule has 3 heteroatoms. The number of para-hydroxylation sites is 1. The fraction of sp³-hybridized carbons (Fsp3) is 0.333. The third-order valence-electron chi connectivity index (χ3n) is 3.30.